The number of ketones is 1. The Labute approximate surface area is 117 Å². The van der Waals surface area contributed by atoms with Gasteiger partial charge >= 0.3 is 0 Å². The molecule has 0 saturated heterocycles. The molecule has 1 aromatic carbocycles. The minimum atomic E-state index is -0.570. The van der Waals surface area contributed by atoms with E-state index in [-0.39, 0.29) is 17.8 Å². The molecule has 0 bridgehead atoms. The third-order valence-electron chi connectivity index (χ3n) is 3.11. The van der Waals surface area contributed by atoms with Gasteiger partial charge in [-0.15, -0.1) is 0 Å². The molecule has 0 aliphatic heterocycles. The monoisotopic (exact) mass is 273 g/mol. The summed E-state index contributed by atoms with van der Waals surface area (Å²) < 4.78 is 18.7. The van der Waals surface area contributed by atoms with E-state index in [0.29, 0.717) is 11.4 Å². The van der Waals surface area contributed by atoms with Crippen LogP contribution in [0.2, 0.25) is 0 Å². The lowest BCUT2D eigenvalue weighted by Gasteiger charge is -2.05. The maximum Gasteiger partial charge on any atom is 0.171 e. The SMILES string of the molecule is CCc1ccc(CC(=O)c2ccc(OC)cc2F)nc1. The maximum absolute atomic E-state index is 13.8. The van der Waals surface area contributed by atoms with Crippen molar-refractivity contribution in [1.82, 2.24) is 4.98 Å². The van der Waals surface area contributed by atoms with Crippen molar-refractivity contribution in [3.8, 4) is 5.75 Å². The summed E-state index contributed by atoms with van der Waals surface area (Å²) in [5, 5.41) is 0. The fraction of sp³-hybridized carbons (Fsp3) is 0.250. The van der Waals surface area contributed by atoms with Crippen molar-refractivity contribution in [1.29, 1.82) is 0 Å². The smallest absolute Gasteiger partial charge is 0.171 e. The van der Waals surface area contributed by atoms with E-state index in [2.05, 4.69) is 4.98 Å². The van der Waals surface area contributed by atoms with Crippen molar-refractivity contribution in [2.75, 3.05) is 7.11 Å². The van der Waals surface area contributed by atoms with Gasteiger partial charge in [0.15, 0.2) is 5.78 Å². The van der Waals surface area contributed by atoms with Crippen molar-refractivity contribution in [2.24, 2.45) is 0 Å². The highest BCUT2D eigenvalue weighted by Crippen LogP contribution is 2.17. The second-order valence-electron chi connectivity index (χ2n) is 4.46. The lowest BCUT2D eigenvalue weighted by atomic mass is 10.0. The van der Waals surface area contributed by atoms with E-state index in [4.69, 9.17) is 4.74 Å². The van der Waals surface area contributed by atoms with Gasteiger partial charge in [-0.1, -0.05) is 13.0 Å². The number of halogens is 1. The number of aromatic nitrogens is 1. The van der Waals surface area contributed by atoms with E-state index < -0.39 is 5.82 Å². The Morgan fingerprint density at radius 1 is 1.30 bits per heavy atom. The number of Topliss-reactive ketones (excluding diaryl/α,β-unsaturated/α-hetero) is 1. The van der Waals surface area contributed by atoms with Crippen molar-refractivity contribution in [3.63, 3.8) is 0 Å². The Kier molecular flexibility index (Phi) is 4.45. The van der Waals surface area contributed by atoms with E-state index in [0.717, 1.165) is 12.0 Å². The standard InChI is InChI=1S/C16H16FNO2/c1-3-11-4-5-12(18-10-11)8-16(19)14-7-6-13(20-2)9-15(14)17/h4-7,9-10H,3,8H2,1-2H3. The van der Waals surface area contributed by atoms with Crippen molar-refractivity contribution < 1.29 is 13.9 Å². The van der Waals surface area contributed by atoms with Gasteiger partial charge in [-0.05, 0) is 30.2 Å². The van der Waals surface area contributed by atoms with Gasteiger partial charge in [-0.25, -0.2) is 4.39 Å². The largest absolute Gasteiger partial charge is 0.497 e. The second kappa shape index (κ2) is 6.28. The number of benzene rings is 1. The summed E-state index contributed by atoms with van der Waals surface area (Å²) in [5.74, 6) is -0.467. The van der Waals surface area contributed by atoms with Gasteiger partial charge in [0.1, 0.15) is 11.6 Å². The fourth-order valence-electron chi connectivity index (χ4n) is 1.88. The Morgan fingerprint density at radius 3 is 2.65 bits per heavy atom. The van der Waals surface area contributed by atoms with E-state index in [1.165, 1.54) is 19.2 Å². The Bertz CT molecular complexity index is 608. The Balaban J connectivity index is 2.14. The molecule has 0 radical (unpaired) electrons. The first-order valence-corrected chi connectivity index (χ1v) is 6.44. The third-order valence-corrected chi connectivity index (χ3v) is 3.11. The predicted octanol–water partition coefficient (Wildman–Crippen LogP) is 3.22. The molecule has 0 N–H and O–H groups in total. The van der Waals surface area contributed by atoms with Crippen LogP contribution in [0.3, 0.4) is 0 Å². The number of ether oxygens (including phenoxy) is 1. The summed E-state index contributed by atoms with van der Waals surface area (Å²) in [4.78, 5) is 16.3. The maximum atomic E-state index is 13.8. The minimum Gasteiger partial charge on any atom is -0.497 e. The lowest BCUT2D eigenvalue weighted by Crippen LogP contribution is -2.07. The number of aryl methyl sites for hydroxylation is 1. The van der Waals surface area contributed by atoms with Gasteiger partial charge in [0.05, 0.1) is 19.1 Å². The number of hydrogen-bond donors (Lipinski definition) is 0. The molecule has 0 aliphatic carbocycles. The normalized spacial score (nSPS) is 10.3. The average Bonchev–Trinajstić information content (AvgIpc) is 2.47. The second-order valence-corrected chi connectivity index (χ2v) is 4.46. The molecule has 3 nitrogen and oxygen atoms in total. The number of nitrogens with zero attached hydrogens (tertiary/aromatic N) is 1. The number of methoxy groups -OCH3 is 1. The first-order valence-electron chi connectivity index (χ1n) is 6.44. The molecular formula is C16H16FNO2. The Morgan fingerprint density at radius 2 is 2.10 bits per heavy atom. The van der Waals surface area contributed by atoms with Crippen molar-refractivity contribution in [2.45, 2.75) is 19.8 Å². The summed E-state index contributed by atoms with van der Waals surface area (Å²) in [6.07, 6.45) is 2.73. The molecule has 0 saturated carbocycles. The molecular weight excluding hydrogens is 257 g/mol. The lowest BCUT2D eigenvalue weighted by molar-refractivity contribution is 0.0988. The minimum absolute atomic E-state index is 0.0622. The highest BCUT2D eigenvalue weighted by atomic mass is 19.1. The highest BCUT2D eigenvalue weighted by Gasteiger charge is 2.13. The Hall–Kier alpha value is -2.23. The van der Waals surface area contributed by atoms with E-state index in [1.807, 2.05) is 13.0 Å². The van der Waals surface area contributed by atoms with E-state index in [1.54, 1.807) is 18.3 Å². The van der Waals surface area contributed by atoms with Crippen LogP contribution in [0.15, 0.2) is 36.5 Å². The van der Waals surface area contributed by atoms with Crippen LogP contribution >= 0.6 is 0 Å². The molecule has 0 amide bonds. The number of pyridine rings is 1. The quantitative estimate of drug-likeness (QED) is 0.785. The summed E-state index contributed by atoms with van der Waals surface area (Å²) in [6.45, 7) is 2.04. The predicted molar refractivity (Wildman–Crippen MR) is 74.6 cm³/mol. The summed E-state index contributed by atoms with van der Waals surface area (Å²) in [5.41, 5.74) is 1.81. The fourth-order valence-corrected chi connectivity index (χ4v) is 1.88. The van der Waals surface area contributed by atoms with Gasteiger partial charge in [0.25, 0.3) is 0 Å². The zero-order valence-corrected chi connectivity index (χ0v) is 11.5. The van der Waals surface area contributed by atoms with Crippen LogP contribution in [0.1, 0.15) is 28.5 Å². The highest BCUT2D eigenvalue weighted by molar-refractivity contribution is 5.97. The number of carbonyl (C=O) groups excluding carboxylic acids is 1. The van der Waals surface area contributed by atoms with Gasteiger partial charge in [-0.3, -0.25) is 9.78 Å². The molecule has 4 heteroatoms. The topological polar surface area (TPSA) is 39.2 Å². The number of hydrogen-bond acceptors (Lipinski definition) is 3. The average molecular weight is 273 g/mol. The van der Waals surface area contributed by atoms with Crippen LogP contribution in [0.5, 0.6) is 5.75 Å². The third kappa shape index (κ3) is 3.20. The summed E-state index contributed by atoms with van der Waals surface area (Å²) >= 11 is 0. The van der Waals surface area contributed by atoms with Gasteiger partial charge in [0, 0.05) is 18.0 Å². The molecule has 0 unspecified atom stereocenters. The zero-order valence-electron chi connectivity index (χ0n) is 11.5. The van der Waals surface area contributed by atoms with E-state index in [9.17, 15) is 9.18 Å². The van der Waals surface area contributed by atoms with Crippen LogP contribution in [-0.2, 0) is 12.8 Å². The number of carbonyl (C=O) groups is 1. The molecule has 20 heavy (non-hydrogen) atoms. The molecule has 0 aliphatic rings. The van der Waals surface area contributed by atoms with Crippen LogP contribution < -0.4 is 4.74 Å². The first-order chi connectivity index (χ1) is 9.63. The number of rotatable bonds is 5. The van der Waals surface area contributed by atoms with Crippen LogP contribution in [0, 0.1) is 5.82 Å². The van der Waals surface area contributed by atoms with Gasteiger partial charge < -0.3 is 4.74 Å². The molecule has 0 spiro atoms. The van der Waals surface area contributed by atoms with Crippen LogP contribution in [0.25, 0.3) is 0 Å². The molecule has 0 atom stereocenters. The van der Waals surface area contributed by atoms with Crippen LogP contribution in [0.4, 0.5) is 4.39 Å². The molecule has 1 aromatic heterocycles. The summed E-state index contributed by atoms with van der Waals surface area (Å²) in [7, 11) is 1.45. The molecule has 0 fully saturated rings. The first kappa shape index (κ1) is 14.2. The molecule has 104 valence electrons. The molecule has 2 rings (SSSR count). The zero-order chi connectivity index (χ0) is 14.5. The molecule has 2 aromatic rings. The molecule has 1 heterocycles. The summed E-state index contributed by atoms with van der Waals surface area (Å²) in [6, 6.07) is 7.96. The van der Waals surface area contributed by atoms with Crippen molar-refractivity contribution in [3.05, 3.63) is 59.2 Å². The van der Waals surface area contributed by atoms with Gasteiger partial charge in [-0.2, -0.15) is 0 Å². The van der Waals surface area contributed by atoms with Gasteiger partial charge in [0.2, 0.25) is 0 Å². The van der Waals surface area contributed by atoms with E-state index >= 15 is 0 Å². The van der Waals surface area contributed by atoms with Crippen LogP contribution in [-0.4, -0.2) is 17.9 Å². The van der Waals surface area contributed by atoms with Crippen molar-refractivity contribution >= 4 is 5.78 Å².